The number of carbonyl (C=O) groups is 3. The second-order valence-electron chi connectivity index (χ2n) is 8.11. The van der Waals surface area contributed by atoms with Crippen LogP contribution in [0.5, 0.6) is 5.75 Å². The Balaban J connectivity index is 1.46. The summed E-state index contributed by atoms with van der Waals surface area (Å²) < 4.78 is 10.2. The van der Waals surface area contributed by atoms with Crippen LogP contribution in [0.1, 0.15) is 52.3 Å². The predicted molar refractivity (Wildman–Crippen MR) is 125 cm³/mol. The minimum atomic E-state index is -1.10. The number of hydrogen-bond donors (Lipinski definition) is 2. The van der Waals surface area contributed by atoms with E-state index < -0.39 is 12.1 Å². The van der Waals surface area contributed by atoms with Crippen molar-refractivity contribution in [2.75, 3.05) is 32.1 Å². The molecule has 10 heteroatoms. The minimum Gasteiger partial charge on any atom is -0.495 e. The van der Waals surface area contributed by atoms with Gasteiger partial charge in [0, 0.05) is 41.5 Å². The van der Waals surface area contributed by atoms with Gasteiger partial charge in [0.2, 0.25) is 0 Å². The van der Waals surface area contributed by atoms with Crippen LogP contribution in [0.15, 0.2) is 36.4 Å². The standard InChI is InChI=1S/C24H26ClN3O6/c1-3-34-24(32)27-10-8-16(9-11-27)28-22(30)17-6-4-14(12-18(17)23(28)31)21(29)26-15-5-7-20(33-2)19(25)13-15/h4-7,12-13,16,22,30H,3,8-11H2,1-2H3,(H,26,29)/t22-/m1/s1. The maximum absolute atomic E-state index is 13.2. The van der Waals surface area contributed by atoms with Crippen LogP contribution in [0.25, 0.3) is 0 Å². The fourth-order valence-corrected chi connectivity index (χ4v) is 4.62. The number of amides is 3. The van der Waals surface area contributed by atoms with E-state index in [1.807, 2.05) is 0 Å². The fourth-order valence-electron chi connectivity index (χ4n) is 4.36. The van der Waals surface area contributed by atoms with Gasteiger partial charge in [-0.1, -0.05) is 17.7 Å². The van der Waals surface area contributed by atoms with Crippen LogP contribution in [-0.2, 0) is 4.74 Å². The lowest BCUT2D eigenvalue weighted by atomic mass is 10.0. The maximum Gasteiger partial charge on any atom is 0.409 e. The van der Waals surface area contributed by atoms with Crippen LogP contribution in [0.4, 0.5) is 10.5 Å². The number of halogens is 1. The van der Waals surface area contributed by atoms with E-state index in [1.54, 1.807) is 42.2 Å². The van der Waals surface area contributed by atoms with Gasteiger partial charge in [0.15, 0.2) is 6.23 Å². The van der Waals surface area contributed by atoms with Crippen molar-refractivity contribution in [3.05, 3.63) is 58.1 Å². The molecule has 0 saturated carbocycles. The summed E-state index contributed by atoms with van der Waals surface area (Å²) in [6.45, 7) is 2.93. The van der Waals surface area contributed by atoms with Crippen LogP contribution >= 0.6 is 11.6 Å². The molecule has 0 unspecified atom stereocenters. The van der Waals surface area contributed by atoms with E-state index >= 15 is 0 Å². The lowest BCUT2D eigenvalue weighted by molar-refractivity contribution is -0.0167. The summed E-state index contributed by atoms with van der Waals surface area (Å²) in [6.07, 6.45) is -0.409. The molecule has 1 fully saturated rings. The van der Waals surface area contributed by atoms with E-state index in [-0.39, 0.29) is 23.6 Å². The van der Waals surface area contributed by atoms with Gasteiger partial charge in [0.25, 0.3) is 11.8 Å². The highest BCUT2D eigenvalue weighted by Gasteiger charge is 2.41. The van der Waals surface area contributed by atoms with Crippen molar-refractivity contribution in [3.63, 3.8) is 0 Å². The SMILES string of the molecule is CCOC(=O)N1CCC(N2C(=O)c3cc(C(=O)Nc4ccc(OC)c(Cl)c4)ccc3[C@H]2O)CC1. The Kier molecular flexibility index (Phi) is 6.95. The number of ether oxygens (including phenoxy) is 2. The molecule has 0 bridgehead atoms. The molecule has 2 heterocycles. The Morgan fingerprint density at radius 3 is 2.56 bits per heavy atom. The largest absolute Gasteiger partial charge is 0.495 e. The van der Waals surface area contributed by atoms with Gasteiger partial charge in [-0.15, -0.1) is 0 Å². The van der Waals surface area contributed by atoms with E-state index in [0.29, 0.717) is 60.1 Å². The number of nitrogens with one attached hydrogen (secondary N) is 1. The Morgan fingerprint density at radius 2 is 1.91 bits per heavy atom. The molecule has 2 aliphatic heterocycles. The van der Waals surface area contributed by atoms with Gasteiger partial charge in [-0.3, -0.25) is 9.59 Å². The number of carbonyl (C=O) groups excluding carboxylic acids is 3. The number of hydrogen-bond acceptors (Lipinski definition) is 6. The van der Waals surface area contributed by atoms with Gasteiger partial charge in [-0.05, 0) is 50.1 Å². The third kappa shape index (κ3) is 4.53. The lowest BCUT2D eigenvalue weighted by Crippen LogP contribution is -2.48. The first-order chi connectivity index (χ1) is 16.3. The van der Waals surface area contributed by atoms with E-state index in [2.05, 4.69) is 5.32 Å². The number of aliphatic hydroxyl groups excluding tert-OH is 1. The summed E-state index contributed by atoms with van der Waals surface area (Å²) in [5.41, 5.74) is 1.52. The summed E-state index contributed by atoms with van der Waals surface area (Å²) in [6, 6.07) is 9.32. The van der Waals surface area contributed by atoms with Gasteiger partial charge in [0.05, 0.1) is 18.7 Å². The number of piperidine rings is 1. The molecular weight excluding hydrogens is 462 g/mol. The summed E-state index contributed by atoms with van der Waals surface area (Å²) >= 11 is 6.12. The molecule has 0 aromatic heterocycles. The van der Waals surface area contributed by atoms with Crippen molar-refractivity contribution in [1.29, 1.82) is 0 Å². The smallest absolute Gasteiger partial charge is 0.409 e. The molecule has 1 saturated heterocycles. The Morgan fingerprint density at radius 1 is 1.18 bits per heavy atom. The van der Waals surface area contributed by atoms with Gasteiger partial charge >= 0.3 is 6.09 Å². The van der Waals surface area contributed by atoms with Gasteiger partial charge in [-0.25, -0.2) is 4.79 Å². The third-order valence-electron chi connectivity index (χ3n) is 6.12. The molecule has 0 aliphatic carbocycles. The van der Waals surface area contributed by atoms with E-state index in [4.69, 9.17) is 21.1 Å². The van der Waals surface area contributed by atoms with Crippen LogP contribution in [0.3, 0.4) is 0 Å². The van der Waals surface area contributed by atoms with E-state index in [0.717, 1.165) is 0 Å². The highest BCUT2D eigenvalue weighted by atomic mass is 35.5. The number of anilines is 1. The van der Waals surface area contributed by atoms with Crippen LogP contribution in [0, 0.1) is 0 Å². The third-order valence-corrected chi connectivity index (χ3v) is 6.41. The number of fused-ring (bicyclic) bond motifs is 1. The van der Waals surface area contributed by atoms with Crippen molar-refractivity contribution in [2.45, 2.75) is 32.0 Å². The van der Waals surface area contributed by atoms with Crippen LogP contribution < -0.4 is 10.1 Å². The Hall–Kier alpha value is -3.30. The maximum atomic E-state index is 13.2. The molecule has 0 radical (unpaired) electrons. The second-order valence-corrected chi connectivity index (χ2v) is 8.52. The van der Waals surface area contributed by atoms with Crippen molar-refractivity contribution in [3.8, 4) is 5.75 Å². The molecule has 2 N–H and O–H groups in total. The van der Waals surface area contributed by atoms with Gasteiger partial charge in [-0.2, -0.15) is 0 Å². The van der Waals surface area contributed by atoms with Gasteiger partial charge < -0.3 is 29.7 Å². The molecule has 9 nitrogen and oxygen atoms in total. The van der Waals surface area contributed by atoms with Crippen molar-refractivity contribution in [2.24, 2.45) is 0 Å². The molecule has 0 spiro atoms. The highest BCUT2D eigenvalue weighted by molar-refractivity contribution is 6.32. The van der Waals surface area contributed by atoms with Crippen molar-refractivity contribution < 1.29 is 29.0 Å². The zero-order chi connectivity index (χ0) is 24.4. The summed E-state index contributed by atoms with van der Waals surface area (Å²) in [7, 11) is 1.50. The van der Waals surface area contributed by atoms with Crippen LogP contribution in [-0.4, -0.2) is 65.7 Å². The molecule has 2 aromatic carbocycles. The monoisotopic (exact) mass is 487 g/mol. The van der Waals surface area contributed by atoms with Crippen molar-refractivity contribution in [1.82, 2.24) is 9.80 Å². The van der Waals surface area contributed by atoms with E-state index in [1.165, 1.54) is 18.1 Å². The Bertz CT molecular complexity index is 1120. The second kappa shape index (κ2) is 9.90. The summed E-state index contributed by atoms with van der Waals surface area (Å²) in [4.78, 5) is 40.9. The molecule has 3 amide bonds. The number of aliphatic hydroxyl groups is 1. The van der Waals surface area contributed by atoms with Crippen LogP contribution in [0.2, 0.25) is 5.02 Å². The first kappa shape index (κ1) is 23.8. The first-order valence-electron chi connectivity index (χ1n) is 11.0. The zero-order valence-corrected chi connectivity index (χ0v) is 19.7. The summed E-state index contributed by atoms with van der Waals surface area (Å²) in [5.74, 6) is -0.253. The number of rotatable bonds is 5. The molecule has 4 rings (SSSR count). The molecule has 2 aliphatic rings. The number of methoxy groups -OCH3 is 1. The molecular formula is C24H26ClN3O6. The molecule has 1 atom stereocenters. The molecule has 2 aromatic rings. The number of nitrogens with zero attached hydrogens (tertiary/aromatic N) is 2. The molecule has 34 heavy (non-hydrogen) atoms. The average Bonchev–Trinajstić information content (AvgIpc) is 3.08. The van der Waals surface area contributed by atoms with Gasteiger partial charge in [0.1, 0.15) is 5.75 Å². The predicted octanol–water partition coefficient (Wildman–Crippen LogP) is 3.67. The van der Waals surface area contributed by atoms with E-state index in [9.17, 15) is 19.5 Å². The Labute approximate surface area is 202 Å². The fraction of sp³-hybridized carbons (Fsp3) is 0.375. The van der Waals surface area contributed by atoms with Crippen molar-refractivity contribution >= 4 is 35.2 Å². The first-order valence-corrected chi connectivity index (χ1v) is 11.4. The molecule has 180 valence electrons. The minimum absolute atomic E-state index is 0.223. The zero-order valence-electron chi connectivity index (χ0n) is 18.9. The topological polar surface area (TPSA) is 108 Å². The quantitative estimate of drug-likeness (QED) is 0.666. The number of likely N-dealkylation sites (tertiary alicyclic amines) is 1. The number of benzene rings is 2. The summed E-state index contributed by atoms with van der Waals surface area (Å²) in [5, 5.41) is 14.0. The lowest BCUT2D eigenvalue weighted by Gasteiger charge is -2.37. The normalized spacial score (nSPS) is 18.0. The highest BCUT2D eigenvalue weighted by Crippen LogP contribution is 2.36. The average molecular weight is 488 g/mol.